The van der Waals surface area contributed by atoms with Crippen LogP contribution in [-0.2, 0) is 19.6 Å². The summed E-state index contributed by atoms with van der Waals surface area (Å²) in [7, 11) is 3.37. The van der Waals surface area contributed by atoms with Crippen molar-refractivity contribution in [3.05, 3.63) is 121 Å². The Kier molecular flexibility index (Phi) is 10.6. The van der Waals surface area contributed by atoms with Crippen molar-refractivity contribution >= 4 is 21.8 Å². The van der Waals surface area contributed by atoms with Crippen LogP contribution in [0.1, 0.15) is 56.9 Å². The fraction of sp³-hybridized carbons (Fsp3) is 0.317. The zero-order valence-electron chi connectivity index (χ0n) is 27.4. The highest BCUT2D eigenvalue weighted by atomic mass is 16.5. The third-order valence-corrected chi connectivity index (χ3v) is 9.12. The number of hydrogen-bond donors (Lipinski definition) is 0. The lowest BCUT2D eigenvalue weighted by atomic mass is 10.1. The molecule has 3 heterocycles. The van der Waals surface area contributed by atoms with Gasteiger partial charge in [-0.25, -0.2) is 9.13 Å². The number of nitrogens with zero attached hydrogens (tertiary/aromatic N) is 3. The molecule has 0 atom stereocenters. The molecule has 6 aromatic rings. The van der Waals surface area contributed by atoms with Crippen molar-refractivity contribution in [1.82, 2.24) is 4.57 Å². The molecule has 0 unspecified atom stereocenters. The minimum Gasteiger partial charge on any atom is -0.497 e. The lowest BCUT2D eigenvalue weighted by Crippen LogP contribution is -2.33. The molecule has 5 nitrogen and oxygen atoms in total. The molecule has 236 valence electrons. The maximum absolute atomic E-state index is 5.42. The van der Waals surface area contributed by atoms with Crippen LogP contribution in [0.4, 0.5) is 0 Å². The van der Waals surface area contributed by atoms with Crippen molar-refractivity contribution in [2.45, 2.75) is 71.0 Å². The van der Waals surface area contributed by atoms with Gasteiger partial charge in [-0.1, -0.05) is 68.5 Å². The topological polar surface area (TPSA) is 31.1 Å². The number of benzene rings is 3. The van der Waals surface area contributed by atoms with Crippen molar-refractivity contribution < 1.29 is 18.6 Å². The second-order valence-electron chi connectivity index (χ2n) is 12.3. The van der Waals surface area contributed by atoms with Gasteiger partial charge in [-0.3, -0.25) is 0 Å². The average Bonchev–Trinajstić information content (AvgIpc) is 3.43. The van der Waals surface area contributed by atoms with E-state index in [2.05, 4.69) is 123 Å². The first-order valence-electron chi connectivity index (χ1n) is 16.9. The largest absolute Gasteiger partial charge is 0.497 e. The van der Waals surface area contributed by atoms with E-state index >= 15 is 0 Å². The molecule has 5 heteroatoms. The maximum Gasteiger partial charge on any atom is 0.174 e. The minimum absolute atomic E-state index is 0.756. The third kappa shape index (κ3) is 7.77. The fourth-order valence-corrected chi connectivity index (χ4v) is 6.59. The zero-order chi connectivity index (χ0) is 31.6. The Morgan fingerprint density at radius 1 is 0.522 bits per heavy atom. The first-order valence-corrected chi connectivity index (χ1v) is 16.9. The number of ether oxygens (including phenoxy) is 2. The predicted octanol–water partition coefficient (Wildman–Crippen LogP) is 8.92. The Hall–Kier alpha value is -4.64. The molecule has 6 rings (SSSR count). The molecule has 0 spiro atoms. The Morgan fingerprint density at radius 3 is 1.54 bits per heavy atom. The van der Waals surface area contributed by atoms with Gasteiger partial charge < -0.3 is 14.0 Å². The van der Waals surface area contributed by atoms with Crippen molar-refractivity contribution in [1.29, 1.82) is 0 Å². The molecule has 0 N–H and O–H groups in total. The molecule has 0 fully saturated rings. The number of rotatable bonds is 16. The predicted molar refractivity (Wildman–Crippen MR) is 187 cm³/mol. The summed E-state index contributed by atoms with van der Waals surface area (Å²) in [5, 5.41) is 2.75. The van der Waals surface area contributed by atoms with E-state index in [-0.39, 0.29) is 0 Å². The molecule has 0 amide bonds. The van der Waals surface area contributed by atoms with Gasteiger partial charge in [0.1, 0.15) is 18.0 Å². The number of methoxy groups -OCH3 is 2. The van der Waals surface area contributed by atoms with Gasteiger partial charge >= 0.3 is 0 Å². The molecule has 0 bridgehead atoms. The molecule has 3 aromatic carbocycles. The van der Waals surface area contributed by atoms with Crippen LogP contribution in [0, 0.1) is 0 Å². The van der Waals surface area contributed by atoms with Gasteiger partial charge in [-0.2, -0.15) is 0 Å². The zero-order valence-corrected chi connectivity index (χ0v) is 27.4. The summed E-state index contributed by atoms with van der Waals surface area (Å²) in [6.07, 6.45) is 19.2. The van der Waals surface area contributed by atoms with Gasteiger partial charge in [0, 0.05) is 70.7 Å². The van der Waals surface area contributed by atoms with E-state index in [0.717, 1.165) is 36.7 Å². The van der Waals surface area contributed by atoms with Crippen molar-refractivity contribution in [3.8, 4) is 22.6 Å². The van der Waals surface area contributed by atoms with Crippen LogP contribution in [0.5, 0.6) is 11.5 Å². The summed E-state index contributed by atoms with van der Waals surface area (Å²) in [6, 6.07) is 32.5. The summed E-state index contributed by atoms with van der Waals surface area (Å²) < 4.78 is 17.8. The normalized spacial score (nSPS) is 11.3. The van der Waals surface area contributed by atoms with Crippen LogP contribution in [-0.4, -0.2) is 18.8 Å². The van der Waals surface area contributed by atoms with Gasteiger partial charge in [-0.05, 0) is 48.2 Å². The van der Waals surface area contributed by atoms with E-state index < -0.39 is 0 Å². The van der Waals surface area contributed by atoms with Crippen molar-refractivity contribution in [3.63, 3.8) is 0 Å². The molecule has 0 radical (unpaired) electrons. The van der Waals surface area contributed by atoms with Gasteiger partial charge in [0.05, 0.1) is 14.2 Å². The van der Waals surface area contributed by atoms with Crippen LogP contribution in [0.15, 0.2) is 116 Å². The highest BCUT2D eigenvalue weighted by Gasteiger charge is 2.11. The fourth-order valence-electron chi connectivity index (χ4n) is 6.59. The van der Waals surface area contributed by atoms with Crippen LogP contribution in [0.25, 0.3) is 32.9 Å². The summed E-state index contributed by atoms with van der Waals surface area (Å²) >= 11 is 0. The smallest absolute Gasteiger partial charge is 0.174 e. The summed E-state index contributed by atoms with van der Waals surface area (Å²) in [5.74, 6) is 1.62. The SMILES string of the molecule is COc1cc(C[n+]2ccc(-c3cc[n+](CCCCCCCCCCn4c5ccccc5c5ccccc54)cc3)cc2)cc(OC)c1. The van der Waals surface area contributed by atoms with Crippen molar-refractivity contribution in [2.75, 3.05) is 14.2 Å². The van der Waals surface area contributed by atoms with E-state index in [1.165, 1.54) is 84.3 Å². The van der Waals surface area contributed by atoms with E-state index in [0.29, 0.717) is 0 Å². The van der Waals surface area contributed by atoms with Crippen molar-refractivity contribution in [2.24, 2.45) is 0 Å². The second-order valence-corrected chi connectivity index (χ2v) is 12.3. The van der Waals surface area contributed by atoms with Crippen LogP contribution in [0.3, 0.4) is 0 Å². The monoisotopic (exact) mass is 613 g/mol. The third-order valence-electron chi connectivity index (χ3n) is 9.12. The lowest BCUT2D eigenvalue weighted by Gasteiger charge is -2.07. The Balaban J connectivity index is 0.872. The van der Waals surface area contributed by atoms with Gasteiger partial charge in [0.25, 0.3) is 0 Å². The molecule has 3 aromatic heterocycles. The van der Waals surface area contributed by atoms with E-state index in [1.807, 2.05) is 6.07 Å². The number of aryl methyl sites for hydroxylation is 2. The summed E-state index contributed by atoms with van der Waals surface area (Å²) in [6.45, 7) is 2.94. The Bertz CT molecular complexity index is 1770. The lowest BCUT2D eigenvalue weighted by molar-refractivity contribution is -0.697. The number of pyridine rings is 2. The van der Waals surface area contributed by atoms with E-state index in [1.54, 1.807) is 14.2 Å². The number of hydrogen-bond acceptors (Lipinski definition) is 2. The van der Waals surface area contributed by atoms with Crippen LogP contribution < -0.4 is 18.6 Å². The highest BCUT2D eigenvalue weighted by molar-refractivity contribution is 6.07. The number of unbranched alkanes of at least 4 members (excludes halogenated alkanes) is 7. The van der Waals surface area contributed by atoms with Gasteiger partial charge in [0.15, 0.2) is 31.3 Å². The summed E-state index contributed by atoms with van der Waals surface area (Å²) in [5.41, 5.74) is 6.34. The summed E-state index contributed by atoms with van der Waals surface area (Å²) in [4.78, 5) is 0. The molecule has 0 aliphatic carbocycles. The number of aromatic nitrogens is 3. The van der Waals surface area contributed by atoms with Crippen LogP contribution in [0.2, 0.25) is 0 Å². The molecular weight excluding hydrogens is 566 g/mol. The molecular formula is C41H47N3O2+2. The van der Waals surface area contributed by atoms with Crippen LogP contribution >= 0.6 is 0 Å². The second kappa shape index (κ2) is 15.6. The Labute approximate surface area is 273 Å². The minimum atomic E-state index is 0.756. The average molecular weight is 614 g/mol. The molecule has 0 aliphatic rings. The molecule has 0 saturated heterocycles. The number of para-hydroxylation sites is 2. The van der Waals surface area contributed by atoms with E-state index in [9.17, 15) is 0 Å². The maximum atomic E-state index is 5.42. The molecule has 0 aliphatic heterocycles. The standard InChI is InChI=1S/C41H47N3O2/c1-45-36-29-33(30-37(31-36)46-2)32-43-27-21-35(22-28-43)34-19-25-42(26-20-34)23-13-7-5-3-4-6-8-14-24-44-40-17-11-9-15-38(40)39-16-10-12-18-41(39)44/h9-12,15-22,25-31H,3-8,13-14,23-24,32H2,1-2H3/q+2. The highest BCUT2D eigenvalue weighted by Crippen LogP contribution is 2.29. The molecule has 46 heavy (non-hydrogen) atoms. The first kappa shape index (κ1) is 31.3. The van der Waals surface area contributed by atoms with Gasteiger partial charge in [-0.15, -0.1) is 0 Å². The number of fused-ring (bicyclic) bond motifs is 3. The van der Waals surface area contributed by atoms with Gasteiger partial charge in [0.2, 0.25) is 0 Å². The Morgan fingerprint density at radius 2 is 1.00 bits per heavy atom. The molecule has 0 saturated carbocycles. The quantitative estimate of drug-likeness (QED) is 0.0806. The first-order chi connectivity index (χ1) is 22.7. The van der Waals surface area contributed by atoms with E-state index in [4.69, 9.17) is 9.47 Å².